The predicted molar refractivity (Wildman–Crippen MR) is 132 cm³/mol. The number of aliphatic hydroxyl groups excluding tert-OH is 2. The summed E-state index contributed by atoms with van der Waals surface area (Å²) in [5, 5.41) is 33.5. The standard InChI is InChI=1S/C28H34O8/c1-7-9-11-13-16(29)18-20-21(28(6)22(31)15(3)24(33)36-28)19(17(30)14-12-10-8-2)26(4,23(18)32)25(34)27(20,5)35/h7-11,13,19-21,29,31,35H,12,14H2,1-6H3/b9-7+,10-8+,13-11+,18-16-/t19-,20-,21-,26-,27?,28+/m1/s1. The average molecular weight is 499 g/mol. The molecule has 0 spiro atoms. The van der Waals surface area contributed by atoms with Crippen molar-refractivity contribution in [1.82, 2.24) is 0 Å². The first kappa shape index (κ1) is 27.3. The van der Waals surface area contributed by atoms with Gasteiger partial charge in [-0.1, -0.05) is 30.4 Å². The number of allylic oxidation sites excluding steroid dienone is 6. The first-order chi connectivity index (χ1) is 16.7. The van der Waals surface area contributed by atoms with Crippen molar-refractivity contribution in [2.24, 2.45) is 23.2 Å². The van der Waals surface area contributed by atoms with Crippen molar-refractivity contribution >= 4 is 23.3 Å². The van der Waals surface area contributed by atoms with E-state index >= 15 is 0 Å². The summed E-state index contributed by atoms with van der Waals surface area (Å²) in [4.78, 5) is 53.6. The number of hydrogen-bond donors (Lipinski definition) is 3. The monoisotopic (exact) mass is 498 g/mol. The summed E-state index contributed by atoms with van der Waals surface area (Å²) in [5.41, 5.74) is -6.38. The highest BCUT2D eigenvalue weighted by Gasteiger charge is 2.77. The Hall–Kier alpha value is -3.26. The van der Waals surface area contributed by atoms with Gasteiger partial charge in [-0.2, -0.15) is 0 Å². The number of ketones is 3. The molecule has 4 aliphatic rings. The van der Waals surface area contributed by atoms with E-state index in [1.807, 2.05) is 0 Å². The Kier molecular flexibility index (Phi) is 7.07. The van der Waals surface area contributed by atoms with E-state index in [9.17, 15) is 34.5 Å². The third kappa shape index (κ3) is 3.70. The van der Waals surface area contributed by atoms with Crippen LogP contribution in [0.4, 0.5) is 0 Å². The molecule has 0 radical (unpaired) electrons. The lowest BCUT2D eigenvalue weighted by molar-refractivity contribution is -0.204. The third-order valence-electron chi connectivity index (χ3n) is 7.95. The Morgan fingerprint density at radius 3 is 2.25 bits per heavy atom. The Morgan fingerprint density at radius 2 is 1.72 bits per heavy atom. The number of aliphatic hydroxyl groups is 3. The molecule has 1 heterocycles. The average Bonchev–Trinajstić information content (AvgIpc) is 3.01. The zero-order valence-electron chi connectivity index (χ0n) is 21.5. The molecule has 0 aromatic rings. The highest BCUT2D eigenvalue weighted by Crippen LogP contribution is 2.64. The topological polar surface area (TPSA) is 138 Å². The van der Waals surface area contributed by atoms with E-state index in [2.05, 4.69) is 0 Å². The Bertz CT molecular complexity index is 1160. The number of hydrogen-bond acceptors (Lipinski definition) is 8. The van der Waals surface area contributed by atoms with Crippen molar-refractivity contribution in [2.45, 2.75) is 65.6 Å². The van der Waals surface area contributed by atoms with E-state index in [1.54, 1.807) is 38.2 Å². The van der Waals surface area contributed by atoms with Gasteiger partial charge in [0.05, 0.1) is 5.57 Å². The molecule has 36 heavy (non-hydrogen) atoms. The molecule has 8 heteroatoms. The fraction of sp³-hybridized carbons (Fsp3) is 0.500. The van der Waals surface area contributed by atoms with Gasteiger partial charge in [-0.05, 0) is 54.0 Å². The summed E-state index contributed by atoms with van der Waals surface area (Å²) >= 11 is 0. The molecule has 3 saturated carbocycles. The number of cyclic esters (lactones) is 1. The van der Waals surface area contributed by atoms with Gasteiger partial charge < -0.3 is 20.1 Å². The molecule has 2 bridgehead atoms. The maximum atomic E-state index is 13.9. The molecule has 3 N–H and O–H groups in total. The van der Waals surface area contributed by atoms with Gasteiger partial charge in [0.2, 0.25) is 0 Å². The third-order valence-corrected chi connectivity index (χ3v) is 7.95. The molecule has 3 fully saturated rings. The molecule has 0 saturated heterocycles. The molecule has 0 aromatic carbocycles. The first-order valence-corrected chi connectivity index (χ1v) is 12.0. The summed E-state index contributed by atoms with van der Waals surface area (Å²) in [6, 6.07) is 0. The summed E-state index contributed by atoms with van der Waals surface area (Å²) in [6.07, 6.45) is 9.98. The molecule has 194 valence electrons. The van der Waals surface area contributed by atoms with Crippen LogP contribution < -0.4 is 0 Å². The normalized spacial score (nSPS) is 38.2. The van der Waals surface area contributed by atoms with Gasteiger partial charge >= 0.3 is 5.97 Å². The van der Waals surface area contributed by atoms with Crippen molar-refractivity contribution in [2.75, 3.05) is 0 Å². The molecule has 6 atom stereocenters. The first-order valence-electron chi connectivity index (χ1n) is 12.0. The van der Waals surface area contributed by atoms with Crippen LogP contribution in [0.3, 0.4) is 0 Å². The quantitative estimate of drug-likeness (QED) is 0.120. The van der Waals surface area contributed by atoms with Crippen LogP contribution in [-0.2, 0) is 23.9 Å². The van der Waals surface area contributed by atoms with Crippen LogP contribution in [0.15, 0.2) is 59.1 Å². The number of carbonyl (C=O) groups is 4. The second kappa shape index (κ2) is 9.32. The van der Waals surface area contributed by atoms with E-state index in [0.717, 1.165) is 0 Å². The van der Waals surface area contributed by atoms with Crippen LogP contribution in [0.2, 0.25) is 0 Å². The highest BCUT2D eigenvalue weighted by molar-refractivity contribution is 6.23. The highest BCUT2D eigenvalue weighted by atomic mass is 16.6. The molecular weight excluding hydrogens is 464 g/mol. The largest absolute Gasteiger partial charge is 0.508 e. The lowest BCUT2D eigenvalue weighted by Gasteiger charge is -2.61. The molecule has 3 aliphatic carbocycles. The maximum Gasteiger partial charge on any atom is 0.338 e. The fourth-order valence-electron chi connectivity index (χ4n) is 6.18. The summed E-state index contributed by atoms with van der Waals surface area (Å²) in [6.45, 7) is 8.87. The summed E-state index contributed by atoms with van der Waals surface area (Å²) in [7, 11) is 0. The van der Waals surface area contributed by atoms with E-state index in [0.29, 0.717) is 6.42 Å². The van der Waals surface area contributed by atoms with Gasteiger partial charge in [-0.3, -0.25) is 14.4 Å². The van der Waals surface area contributed by atoms with Gasteiger partial charge in [-0.25, -0.2) is 4.79 Å². The van der Waals surface area contributed by atoms with Crippen molar-refractivity contribution < 1.29 is 39.2 Å². The fourth-order valence-corrected chi connectivity index (χ4v) is 6.18. The number of rotatable bonds is 7. The van der Waals surface area contributed by atoms with E-state index < -0.39 is 69.2 Å². The minimum atomic E-state index is -2.20. The summed E-state index contributed by atoms with van der Waals surface area (Å²) in [5.74, 6) is -7.69. The van der Waals surface area contributed by atoms with E-state index in [4.69, 9.17) is 4.74 Å². The van der Waals surface area contributed by atoms with Crippen LogP contribution in [0.5, 0.6) is 0 Å². The number of carbonyl (C=O) groups excluding carboxylic acids is 4. The molecule has 1 aliphatic heterocycles. The Balaban J connectivity index is 2.36. The van der Waals surface area contributed by atoms with Crippen LogP contribution in [0.1, 0.15) is 54.4 Å². The molecule has 8 nitrogen and oxygen atoms in total. The van der Waals surface area contributed by atoms with Gasteiger partial charge in [0.1, 0.15) is 28.3 Å². The van der Waals surface area contributed by atoms with Crippen molar-refractivity contribution in [3.05, 3.63) is 59.1 Å². The van der Waals surface area contributed by atoms with Crippen LogP contribution >= 0.6 is 0 Å². The zero-order chi connectivity index (χ0) is 27.2. The summed E-state index contributed by atoms with van der Waals surface area (Å²) < 4.78 is 5.61. The van der Waals surface area contributed by atoms with Crippen molar-refractivity contribution in [3.63, 3.8) is 0 Å². The van der Waals surface area contributed by atoms with Crippen molar-refractivity contribution in [1.29, 1.82) is 0 Å². The number of ether oxygens (including phenoxy) is 1. The minimum Gasteiger partial charge on any atom is -0.508 e. The lowest BCUT2D eigenvalue weighted by atomic mass is 9.40. The molecule has 0 aromatic heterocycles. The maximum absolute atomic E-state index is 13.9. The van der Waals surface area contributed by atoms with E-state index in [-0.39, 0.29) is 17.6 Å². The van der Waals surface area contributed by atoms with Gasteiger partial charge in [0.15, 0.2) is 17.2 Å². The number of fused-ring (bicyclic) bond motifs is 3. The lowest BCUT2D eigenvalue weighted by Crippen LogP contribution is -2.75. The zero-order valence-corrected chi connectivity index (χ0v) is 21.5. The smallest absolute Gasteiger partial charge is 0.338 e. The second-order valence-corrected chi connectivity index (χ2v) is 10.2. The van der Waals surface area contributed by atoms with Gasteiger partial charge in [0, 0.05) is 29.7 Å². The van der Waals surface area contributed by atoms with Gasteiger partial charge in [0.25, 0.3) is 0 Å². The van der Waals surface area contributed by atoms with Gasteiger partial charge in [-0.15, -0.1) is 0 Å². The number of Topliss-reactive ketones (excluding diaryl/α,β-unsaturated/α-hetero) is 3. The Morgan fingerprint density at radius 1 is 1.08 bits per heavy atom. The predicted octanol–water partition coefficient (Wildman–Crippen LogP) is 3.78. The molecule has 4 rings (SSSR count). The minimum absolute atomic E-state index is 0.00374. The SMILES string of the molecule is C/C=C/C=C/C(O)=C1/C(=O)[C@]2(C)C(=O)C(C)(O)[C@H]1[C@H]([C@]1(C)OC(=O)C(C)=C1O)[C@H]2C(=O)CC/C=C/C. The van der Waals surface area contributed by atoms with Crippen molar-refractivity contribution in [3.8, 4) is 0 Å². The molecule has 0 amide bonds. The van der Waals surface area contributed by atoms with Crippen LogP contribution in [-0.4, -0.2) is 49.8 Å². The van der Waals surface area contributed by atoms with E-state index in [1.165, 1.54) is 39.8 Å². The van der Waals surface area contributed by atoms with Crippen LogP contribution in [0, 0.1) is 23.2 Å². The number of esters is 1. The van der Waals surface area contributed by atoms with Crippen LogP contribution in [0.25, 0.3) is 0 Å². The molecule has 1 unspecified atom stereocenters. The second-order valence-electron chi connectivity index (χ2n) is 10.2. The Labute approximate surface area is 210 Å². The molecular formula is C28H34O8.